The standard InChI is InChI=1S/C9H13NO3/c1-5-7(11)10-8(6(2)3)9(12)13-4/h5H,1H2,2-4H3,(H,10,11). The zero-order valence-corrected chi connectivity index (χ0v) is 8.01. The van der Waals surface area contributed by atoms with Gasteiger partial charge in [-0.05, 0) is 25.5 Å². The lowest BCUT2D eigenvalue weighted by Gasteiger charge is -2.07. The van der Waals surface area contributed by atoms with E-state index in [2.05, 4.69) is 16.6 Å². The second kappa shape index (κ2) is 5.13. The van der Waals surface area contributed by atoms with Crippen molar-refractivity contribution >= 4 is 11.9 Å². The first-order chi connectivity index (χ1) is 6.02. The summed E-state index contributed by atoms with van der Waals surface area (Å²) in [6.07, 6.45) is 1.09. The van der Waals surface area contributed by atoms with Crippen molar-refractivity contribution in [3.05, 3.63) is 23.9 Å². The Balaban J connectivity index is 4.66. The van der Waals surface area contributed by atoms with E-state index < -0.39 is 11.9 Å². The molecule has 0 aliphatic carbocycles. The van der Waals surface area contributed by atoms with Gasteiger partial charge in [-0.15, -0.1) is 0 Å². The Morgan fingerprint density at radius 3 is 2.23 bits per heavy atom. The summed E-state index contributed by atoms with van der Waals surface area (Å²) < 4.78 is 4.47. The summed E-state index contributed by atoms with van der Waals surface area (Å²) in [5.74, 6) is -0.989. The predicted molar refractivity (Wildman–Crippen MR) is 48.7 cm³/mol. The summed E-state index contributed by atoms with van der Waals surface area (Å²) in [7, 11) is 1.26. The summed E-state index contributed by atoms with van der Waals surface area (Å²) in [5.41, 5.74) is 0.842. The van der Waals surface area contributed by atoms with Crippen molar-refractivity contribution in [3.63, 3.8) is 0 Å². The molecule has 0 saturated carbocycles. The third kappa shape index (κ3) is 3.55. The van der Waals surface area contributed by atoms with Gasteiger partial charge in [0.25, 0.3) is 0 Å². The van der Waals surface area contributed by atoms with Crippen molar-refractivity contribution in [3.8, 4) is 0 Å². The minimum absolute atomic E-state index is 0.160. The van der Waals surface area contributed by atoms with Gasteiger partial charge in [0.15, 0.2) is 0 Å². The molecule has 72 valence electrons. The highest BCUT2D eigenvalue weighted by Gasteiger charge is 2.12. The first kappa shape index (κ1) is 11.4. The molecule has 1 amide bonds. The third-order valence-electron chi connectivity index (χ3n) is 1.32. The molecule has 0 aliphatic rings. The van der Waals surface area contributed by atoms with Crippen molar-refractivity contribution in [2.75, 3.05) is 7.11 Å². The molecule has 0 aromatic carbocycles. The molecule has 0 aromatic rings. The van der Waals surface area contributed by atoms with Gasteiger partial charge < -0.3 is 10.1 Å². The van der Waals surface area contributed by atoms with Crippen molar-refractivity contribution < 1.29 is 14.3 Å². The first-order valence-electron chi connectivity index (χ1n) is 3.72. The monoisotopic (exact) mass is 183 g/mol. The highest BCUT2D eigenvalue weighted by atomic mass is 16.5. The molecule has 0 rings (SSSR count). The molecule has 0 fully saturated rings. The molecule has 0 saturated heterocycles. The van der Waals surface area contributed by atoms with Gasteiger partial charge in [-0.3, -0.25) is 4.79 Å². The Morgan fingerprint density at radius 1 is 1.38 bits per heavy atom. The molecule has 0 bridgehead atoms. The molecule has 0 unspecified atom stereocenters. The fourth-order valence-corrected chi connectivity index (χ4v) is 0.656. The van der Waals surface area contributed by atoms with Gasteiger partial charge in [-0.1, -0.05) is 6.58 Å². The number of allylic oxidation sites excluding steroid dienone is 1. The number of ether oxygens (including phenoxy) is 1. The van der Waals surface area contributed by atoms with Gasteiger partial charge in [0.2, 0.25) is 5.91 Å². The average molecular weight is 183 g/mol. The van der Waals surface area contributed by atoms with E-state index in [1.54, 1.807) is 13.8 Å². The fourth-order valence-electron chi connectivity index (χ4n) is 0.656. The lowest BCUT2D eigenvalue weighted by atomic mass is 10.2. The van der Waals surface area contributed by atoms with Gasteiger partial charge in [0.05, 0.1) is 7.11 Å². The Kier molecular flexibility index (Phi) is 4.51. The van der Waals surface area contributed by atoms with Crippen LogP contribution < -0.4 is 5.32 Å². The lowest BCUT2D eigenvalue weighted by molar-refractivity contribution is -0.137. The molecular formula is C9H13NO3. The molecule has 0 radical (unpaired) electrons. The highest BCUT2D eigenvalue weighted by molar-refractivity contribution is 5.97. The number of amides is 1. The molecule has 0 spiro atoms. The number of esters is 1. The number of rotatable bonds is 3. The fraction of sp³-hybridized carbons (Fsp3) is 0.333. The Labute approximate surface area is 77.3 Å². The summed E-state index contributed by atoms with van der Waals surface area (Å²) in [6.45, 7) is 6.68. The van der Waals surface area contributed by atoms with E-state index in [1.165, 1.54) is 7.11 Å². The SMILES string of the molecule is C=CC(=O)NC(C(=O)OC)=C(C)C. The van der Waals surface area contributed by atoms with E-state index in [9.17, 15) is 9.59 Å². The van der Waals surface area contributed by atoms with Crippen molar-refractivity contribution in [2.24, 2.45) is 0 Å². The van der Waals surface area contributed by atoms with Gasteiger partial charge in [0, 0.05) is 0 Å². The van der Waals surface area contributed by atoms with Crippen LogP contribution in [0.1, 0.15) is 13.8 Å². The quantitative estimate of drug-likeness (QED) is 0.519. The molecule has 0 aliphatic heterocycles. The largest absolute Gasteiger partial charge is 0.464 e. The first-order valence-corrected chi connectivity index (χ1v) is 3.72. The topological polar surface area (TPSA) is 55.4 Å². The molecule has 0 aromatic heterocycles. The van der Waals surface area contributed by atoms with Crippen LogP contribution >= 0.6 is 0 Å². The van der Waals surface area contributed by atoms with Crippen LogP contribution in [0.3, 0.4) is 0 Å². The molecule has 0 atom stereocenters. The van der Waals surface area contributed by atoms with E-state index in [4.69, 9.17) is 0 Å². The van der Waals surface area contributed by atoms with Crippen LogP contribution in [0.25, 0.3) is 0 Å². The second-order valence-electron chi connectivity index (χ2n) is 2.56. The minimum atomic E-state index is -0.560. The number of nitrogens with one attached hydrogen (secondary N) is 1. The van der Waals surface area contributed by atoms with E-state index in [1.807, 2.05) is 0 Å². The summed E-state index contributed by atoms with van der Waals surface area (Å²) in [4.78, 5) is 22.0. The maximum atomic E-state index is 11.1. The summed E-state index contributed by atoms with van der Waals surface area (Å²) in [6, 6.07) is 0. The predicted octanol–water partition coefficient (Wildman–Crippen LogP) is 0.755. The molecule has 4 nitrogen and oxygen atoms in total. The molecule has 13 heavy (non-hydrogen) atoms. The van der Waals surface area contributed by atoms with Crippen LogP contribution in [0.15, 0.2) is 23.9 Å². The average Bonchev–Trinajstić information content (AvgIpc) is 2.11. The maximum absolute atomic E-state index is 11.1. The van der Waals surface area contributed by atoms with Crippen LogP contribution in [0.2, 0.25) is 0 Å². The van der Waals surface area contributed by atoms with E-state index >= 15 is 0 Å². The van der Waals surface area contributed by atoms with E-state index in [-0.39, 0.29) is 5.70 Å². The molecule has 4 heteroatoms. The number of hydrogen-bond donors (Lipinski definition) is 1. The van der Waals surface area contributed by atoms with Gasteiger partial charge >= 0.3 is 5.97 Å². The van der Waals surface area contributed by atoms with Crippen molar-refractivity contribution in [1.82, 2.24) is 5.32 Å². The van der Waals surface area contributed by atoms with Gasteiger partial charge in [-0.2, -0.15) is 0 Å². The van der Waals surface area contributed by atoms with Crippen LogP contribution in [0.4, 0.5) is 0 Å². The summed E-state index contributed by atoms with van der Waals surface area (Å²) >= 11 is 0. The molecular weight excluding hydrogens is 170 g/mol. The normalized spacial score (nSPS) is 8.54. The minimum Gasteiger partial charge on any atom is -0.464 e. The molecule has 1 N–H and O–H groups in total. The van der Waals surface area contributed by atoms with Crippen molar-refractivity contribution in [1.29, 1.82) is 0 Å². The Morgan fingerprint density at radius 2 is 1.92 bits per heavy atom. The number of carbonyl (C=O) groups excluding carboxylic acids is 2. The lowest BCUT2D eigenvalue weighted by Crippen LogP contribution is -2.27. The highest BCUT2D eigenvalue weighted by Crippen LogP contribution is 2.01. The second-order valence-corrected chi connectivity index (χ2v) is 2.56. The van der Waals surface area contributed by atoms with E-state index in [0.29, 0.717) is 5.57 Å². The Bertz CT molecular complexity index is 262. The third-order valence-corrected chi connectivity index (χ3v) is 1.32. The zero-order chi connectivity index (χ0) is 10.4. The molecule has 0 heterocycles. The van der Waals surface area contributed by atoms with Gasteiger partial charge in [0.1, 0.15) is 5.70 Å². The van der Waals surface area contributed by atoms with Crippen LogP contribution in [0.5, 0.6) is 0 Å². The zero-order valence-electron chi connectivity index (χ0n) is 8.01. The summed E-state index contributed by atoms with van der Waals surface area (Å²) in [5, 5.41) is 2.36. The van der Waals surface area contributed by atoms with Crippen LogP contribution in [-0.2, 0) is 14.3 Å². The van der Waals surface area contributed by atoms with Crippen LogP contribution in [0, 0.1) is 0 Å². The Hall–Kier alpha value is -1.58. The smallest absolute Gasteiger partial charge is 0.354 e. The number of methoxy groups -OCH3 is 1. The maximum Gasteiger partial charge on any atom is 0.354 e. The van der Waals surface area contributed by atoms with E-state index in [0.717, 1.165) is 6.08 Å². The van der Waals surface area contributed by atoms with Gasteiger partial charge in [-0.25, -0.2) is 4.79 Å². The van der Waals surface area contributed by atoms with Crippen molar-refractivity contribution in [2.45, 2.75) is 13.8 Å². The number of hydrogen-bond acceptors (Lipinski definition) is 3. The number of carbonyl (C=O) groups is 2. The van der Waals surface area contributed by atoms with Crippen LogP contribution in [-0.4, -0.2) is 19.0 Å².